The molecule has 0 aliphatic heterocycles. The van der Waals surface area contributed by atoms with Crippen LogP contribution in [0.2, 0.25) is 0 Å². The maximum absolute atomic E-state index is 9.63. The molecule has 1 aromatic rings. The number of phenolic OH excluding ortho intramolecular Hbond substituents is 1. The fraction of sp³-hybridized carbons (Fsp3) is 0.111. The summed E-state index contributed by atoms with van der Waals surface area (Å²) in [6.07, 6.45) is 1.58. The molecule has 0 saturated heterocycles. The third-order valence-corrected chi connectivity index (χ3v) is 2.73. The van der Waals surface area contributed by atoms with Crippen LogP contribution in [0.3, 0.4) is 0 Å². The number of phenols is 1. The lowest BCUT2D eigenvalue weighted by Crippen LogP contribution is -2.06. The second-order valence-corrected chi connectivity index (χ2v) is 4.36. The molecule has 70 valence electrons. The predicted molar refractivity (Wildman–Crippen MR) is 60.6 cm³/mol. The molecule has 3 N–H and O–H groups in total. The zero-order valence-corrected chi connectivity index (χ0v) is 9.97. The van der Waals surface area contributed by atoms with Crippen LogP contribution in [0.25, 0.3) is 0 Å². The zero-order valence-electron chi connectivity index (χ0n) is 6.80. The molecule has 0 bridgehead atoms. The van der Waals surface area contributed by atoms with E-state index in [1.54, 1.807) is 18.2 Å². The van der Waals surface area contributed by atoms with E-state index in [-0.39, 0.29) is 11.8 Å². The molecule has 0 radical (unpaired) electrons. The Balaban J connectivity index is 3.27. The number of rotatable bonds is 2. The van der Waals surface area contributed by atoms with E-state index >= 15 is 0 Å². The van der Waals surface area contributed by atoms with Crippen LogP contribution in [0.5, 0.6) is 5.75 Å². The van der Waals surface area contributed by atoms with Crippen LogP contribution in [0.1, 0.15) is 11.6 Å². The molecular weight excluding hydrogens is 298 g/mol. The summed E-state index contributed by atoms with van der Waals surface area (Å²) in [6, 6.07) is 3.18. The summed E-state index contributed by atoms with van der Waals surface area (Å²) in [5.74, 6) is 0.163. The van der Waals surface area contributed by atoms with Gasteiger partial charge in [0.05, 0.1) is 10.5 Å². The van der Waals surface area contributed by atoms with Crippen molar-refractivity contribution in [1.82, 2.24) is 0 Å². The molecule has 0 aliphatic carbocycles. The third kappa shape index (κ3) is 2.33. The van der Waals surface area contributed by atoms with E-state index < -0.39 is 0 Å². The molecule has 0 aromatic heterocycles. The largest absolute Gasteiger partial charge is 0.506 e. The second-order valence-electron chi connectivity index (χ2n) is 2.59. The van der Waals surface area contributed by atoms with Gasteiger partial charge in [-0.2, -0.15) is 0 Å². The SMILES string of the molecule is C=C[C@@H](N)c1cc(Br)cc(Br)c1O. The van der Waals surface area contributed by atoms with Crippen molar-refractivity contribution in [3.05, 3.63) is 39.3 Å². The molecule has 1 atom stereocenters. The summed E-state index contributed by atoms with van der Waals surface area (Å²) in [6.45, 7) is 3.57. The number of halogens is 2. The highest BCUT2D eigenvalue weighted by atomic mass is 79.9. The van der Waals surface area contributed by atoms with E-state index in [0.29, 0.717) is 10.0 Å². The smallest absolute Gasteiger partial charge is 0.134 e. The molecule has 4 heteroatoms. The van der Waals surface area contributed by atoms with Crippen molar-refractivity contribution in [3.8, 4) is 5.75 Å². The minimum Gasteiger partial charge on any atom is -0.506 e. The lowest BCUT2D eigenvalue weighted by Gasteiger charge is -2.10. The maximum Gasteiger partial charge on any atom is 0.134 e. The van der Waals surface area contributed by atoms with Crippen molar-refractivity contribution in [2.24, 2.45) is 5.73 Å². The molecule has 1 aromatic carbocycles. The van der Waals surface area contributed by atoms with E-state index in [9.17, 15) is 5.11 Å². The van der Waals surface area contributed by atoms with Gasteiger partial charge < -0.3 is 10.8 Å². The van der Waals surface area contributed by atoms with Crippen LogP contribution in [0, 0.1) is 0 Å². The molecule has 0 unspecified atom stereocenters. The quantitative estimate of drug-likeness (QED) is 0.825. The predicted octanol–water partition coefficient (Wildman–Crippen LogP) is 3.10. The normalized spacial score (nSPS) is 12.5. The summed E-state index contributed by atoms with van der Waals surface area (Å²) >= 11 is 6.54. The minimum atomic E-state index is -0.353. The first kappa shape index (κ1) is 10.8. The van der Waals surface area contributed by atoms with Crippen molar-refractivity contribution in [2.45, 2.75) is 6.04 Å². The first-order chi connectivity index (χ1) is 6.06. The van der Waals surface area contributed by atoms with Gasteiger partial charge in [-0.3, -0.25) is 0 Å². The highest BCUT2D eigenvalue weighted by Crippen LogP contribution is 2.34. The van der Waals surface area contributed by atoms with Gasteiger partial charge in [0.1, 0.15) is 5.75 Å². The molecular formula is C9H9Br2NO. The Kier molecular flexibility index (Phi) is 3.53. The van der Waals surface area contributed by atoms with Gasteiger partial charge in [-0.25, -0.2) is 0 Å². The van der Waals surface area contributed by atoms with Crippen molar-refractivity contribution in [1.29, 1.82) is 0 Å². The van der Waals surface area contributed by atoms with E-state index in [4.69, 9.17) is 5.73 Å². The first-order valence-corrected chi connectivity index (χ1v) is 5.21. The van der Waals surface area contributed by atoms with Crippen LogP contribution in [-0.2, 0) is 0 Å². The number of hydrogen-bond acceptors (Lipinski definition) is 2. The fourth-order valence-electron chi connectivity index (χ4n) is 0.967. The lowest BCUT2D eigenvalue weighted by molar-refractivity contribution is 0.462. The Bertz CT molecular complexity index is 339. The number of nitrogens with two attached hydrogens (primary N) is 1. The summed E-state index contributed by atoms with van der Waals surface area (Å²) in [5.41, 5.74) is 6.36. The van der Waals surface area contributed by atoms with Gasteiger partial charge in [0.15, 0.2) is 0 Å². The van der Waals surface area contributed by atoms with E-state index in [2.05, 4.69) is 38.4 Å². The van der Waals surface area contributed by atoms with Crippen LogP contribution in [0.15, 0.2) is 33.7 Å². The van der Waals surface area contributed by atoms with Gasteiger partial charge >= 0.3 is 0 Å². The zero-order chi connectivity index (χ0) is 10.0. The van der Waals surface area contributed by atoms with Gasteiger partial charge in [0.2, 0.25) is 0 Å². The van der Waals surface area contributed by atoms with Crippen LogP contribution in [0.4, 0.5) is 0 Å². The topological polar surface area (TPSA) is 46.2 Å². The van der Waals surface area contributed by atoms with Crippen molar-refractivity contribution < 1.29 is 5.11 Å². The molecule has 13 heavy (non-hydrogen) atoms. The highest BCUT2D eigenvalue weighted by molar-refractivity contribution is 9.11. The number of aromatic hydroxyl groups is 1. The number of hydrogen-bond donors (Lipinski definition) is 2. The Hall–Kier alpha value is -0.320. The lowest BCUT2D eigenvalue weighted by atomic mass is 10.1. The number of benzene rings is 1. The average Bonchev–Trinajstić information content (AvgIpc) is 2.10. The fourth-order valence-corrected chi connectivity index (χ4v) is 2.23. The van der Waals surface area contributed by atoms with E-state index in [1.165, 1.54) is 0 Å². The van der Waals surface area contributed by atoms with Gasteiger partial charge in [-0.05, 0) is 28.1 Å². The Morgan fingerprint density at radius 3 is 2.62 bits per heavy atom. The van der Waals surface area contributed by atoms with E-state index in [1.807, 2.05) is 0 Å². The summed E-state index contributed by atoms with van der Waals surface area (Å²) < 4.78 is 1.48. The standard InChI is InChI=1S/C9H9Br2NO/c1-2-8(12)6-3-5(10)4-7(11)9(6)13/h2-4,8,13H,1,12H2/t8-/m1/s1. The molecule has 1 rings (SSSR count). The van der Waals surface area contributed by atoms with E-state index in [0.717, 1.165) is 4.47 Å². The van der Waals surface area contributed by atoms with Gasteiger partial charge in [0.25, 0.3) is 0 Å². The van der Waals surface area contributed by atoms with Crippen molar-refractivity contribution >= 4 is 31.9 Å². The Morgan fingerprint density at radius 1 is 1.46 bits per heavy atom. The van der Waals surface area contributed by atoms with Crippen LogP contribution >= 0.6 is 31.9 Å². The van der Waals surface area contributed by atoms with Gasteiger partial charge in [-0.15, -0.1) is 6.58 Å². The van der Waals surface area contributed by atoms with Crippen LogP contribution < -0.4 is 5.73 Å². The van der Waals surface area contributed by atoms with Crippen molar-refractivity contribution in [2.75, 3.05) is 0 Å². The average molecular weight is 307 g/mol. The van der Waals surface area contributed by atoms with Crippen LogP contribution in [-0.4, -0.2) is 5.11 Å². The minimum absolute atomic E-state index is 0.163. The molecule has 0 aliphatic rings. The molecule has 0 fully saturated rings. The van der Waals surface area contributed by atoms with Gasteiger partial charge in [0, 0.05) is 10.0 Å². The Morgan fingerprint density at radius 2 is 2.08 bits per heavy atom. The molecule has 0 heterocycles. The summed E-state index contributed by atoms with van der Waals surface area (Å²) in [4.78, 5) is 0. The first-order valence-electron chi connectivity index (χ1n) is 3.62. The Labute approximate surface area is 93.7 Å². The third-order valence-electron chi connectivity index (χ3n) is 1.67. The molecule has 0 spiro atoms. The van der Waals surface area contributed by atoms with Gasteiger partial charge in [-0.1, -0.05) is 22.0 Å². The molecule has 0 saturated carbocycles. The molecule has 0 amide bonds. The maximum atomic E-state index is 9.63. The highest BCUT2D eigenvalue weighted by Gasteiger charge is 2.11. The summed E-state index contributed by atoms with van der Waals surface area (Å²) in [5, 5.41) is 9.63. The molecule has 2 nitrogen and oxygen atoms in total. The monoisotopic (exact) mass is 305 g/mol. The summed E-state index contributed by atoms with van der Waals surface area (Å²) in [7, 11) is 0. The van der Waals surface area contributed by atoms with Crippen molar-refractivity contribution in [3.63, 3.8) is 0 Å². The second kappa shape index (κ2) is 4.26.